The Bertz CT molecular complexity index is 476. The fraction of sp³-hybridized carbons (Fsp3) is 0.583. The molecule has 0 aromatic carbocycles. The highest BCUT2D eigenvalue weighted by Gasteiger charge is 2.30. The van der Waals surface area contributed by atoms with Crippen LogP contribution in [0.25, 0.3) is 0 Å². The number of hydrogen-bond acceptors (Lipinski definition) is 3. The van der Waals surface area contributed by atoms with Crippen LogP contribution in [0, 0.1) is 0 Å². The van der Waals surface area contributed by atoms with E-state index < -0.39 is 0 Å². The highest BCUT2D eigenvalue weighted by atomic mass is 16.2. The van der Waals surface area contributed by atoms with Crippen molar-refractivity contribution in [2.24, 2.45) is 0 Å². The molecular weight excluding hydrogens is 232 g/mol. The van der Waals surface area contributed by atoms with Gasteiger partial charge in [-0.15, -0.1) is 0 Å². The fourth-order valence-corrected chi connectivity index (χ4v) is 2.21. The first-order valence-corrected chi connectivity index (χ1v) is 6.23. The summed E-state index contributed by atoms with van der Waals surface area (Å²) in [4.78, 5) is 29.9. The Hall–Kier alpha value is -1.85. The Morgan fingerprint density at radius 2 is 2.22 bits per heavy atom. The minimum Gasteiger partial charge on any atom is -0.346 e. The third-order valence-corrected chi connectivity index (χ3v) is 3.15. The average Bonchev–Trinajstić information content (AvgIpc) is 2.74. The Labute approximate surface area is 106 Å². The number of aromatic nitrogens is 2. The van der Waals surface area contributed by atoms with Crippen molar-refractivity contribution in [3.05, 3.63) is 17.7 Å². The van der Waals surface area contributed by atoms with Gasteiger partial charge in [0.15, 0.2) is 5.69 Å². The molecule has 1 aliphatic heterocycles. The lowest BCUT2D eigenvalue weighted by Gasteiger charge is -2.23. The molecule has 0 radical (unpaired) electrons. The van der Waals surface area contributed by atoms with Gasteiger partial charge in [-0.05, 0) is 20.8 Å². The SMILES string of the molecule is CCN(CC)C(=O)c1ncn2c1C(=O)N[C@H](C)C2. The highest BCUT2D eigenvalue weighted by Crippen LogP contribution is 2.15. The zero-order chi connectivity index (χ0) is 13.3. The predicted octanol–water partition coefficient (Wildman–Crippen LogP) is 0.497. The molecule has 18 heavy (non-hydrogen) atoms. The summed E-state index contributed by atoms with van der Waals surface area (Å²) in [6.07, 6.45) is 1.57. The van der Waals surface area contributed by atoms with E-state index in [1.165, 1.54) is 0 Å². The van der Waals surface area contributed by atoms with Crippen LogP contribution >= 0.6 is 0 Å². The molecule has 0 aliphatic carbocycles. The lowest BCUT2D eigenvalue weighted by molar-refractivity contribution is 0.0756. The second kappa shape index (κ2) is 4.80. The lowest BCUT2D eigenvalue weighted by Crippen LogP contribution is -2.43. The first kappa shape index (κ1) is 12.6. The van der Waals surface area contributed by atoms with Crippen LogP contribution in [-0.2, 0) is 6.54 Å². The summed E-state index contributed by atoms with van der Waals surface area (Å²) in [7, 11) is 0. The number of hydrogen-bond donors (Lipinski definition) is 1. The molecule has 1 N–H and O–H groups in total. The van der Waals surface area contributed by atoms with Crippen molar-refractivity contribution in [1.29, 1.82) is 0 Å². The number of imidazole rings is 1. The van der Waals surface area contributed by atoms with Crippen molar-refractivity contribution in [3.8, 4) is 0 Å². The van der Waals surface area contributed by atoms with Gasteiger partial charge in [0.25, 0.3) is 11.8 Å². The lowest BCUT2D eigenvalue weighted by atomic mass is 10.2. The molecule has 2 rings (SSSR count). The van der Waals surface area contributed by atoms with Gasteiger partial charge in [-0.3, -0.25) is 9.59 Å². The summed E-state index contributed by atoms with van der Waals surface area (Å²) < 4.78 is 1.75. The topological polar surface area (TPSA) is 67.2 Å². The van der Waals surface area contributed by atoms with E-state index >= 15 is 0 Å². The number of rotatable bonds is 3. The molecule has 0 fully saturated rings. The molecular formula is C12H18N4O2. The van der Waals surface area contributed by atoms with Crippen molar-refractivity contribution in [3.63, 3.8) is 0 Å². The van der Waals surface area contributed by atoms with Crippen LogP contribution in [0.4, 0.5) is 0 Å². The first-order valence-electron chi connectivity index (χ1n) is 6.23. The van der Waals surface area contributed by atoms with Crippen LogP contribution in [0.5, 0.6) is 0 Å². The van der Waals surface area contributed by atoms with Crippen molar-refractivity contribution in [2.75, 3.05) is 13.1 Å². The van der Waals surface area contributed by atoms with Crippen molar-refractivity contribution >= 4 is 11.8 Å². The molecule has 0 unspecified atom stereocenters. The number of fused-ring (bicyclic) bond motifs is 1. The largest absolute Gasteiger partial charge is 0.346 e. The maximum atomic E-state index is 12.2. The van der Waals surface area contributed by atoms with Crippen LogP contribution in [0.1, 0.15) is 41.7 Å². The summed E-state index contributed by atoms with van der Waals surface area (Å²) in [5.41, 5.74) is 0.633. The number of nitrogens with zero attached hydrogens (tertiary/aromatic N) is 3. The number of nitrogens with one attached hydrogen (secondary N) is 1. The fourth-order valence-electron chi connectivity index (χ4n) is 2.21. The van der Waals surface area contributed by atoms with Gasteiger partial charge in [0.2, 0.25) is 0 Å². The van der Waals surface area contributed by atoms with E-state index in [0.717, 1.165) is 0 Å². The summed E-state index contributed by atoms with van der Waals surface area (Å²) in [6, 6.07) is 0.0654. The average molecular weight is 250 g/mol. The first-order chi connectivity index (χ1) is 8.58. The molecule has 98 valence electrons. The quantitative estimate of drug-likeness (QED) is 0.849. The van der Waals surface area contributed by atoms with Gasteiger partial charge in [0.05, 0.1) is 6.33 Å². The second-order valence-corrected chi connectivity index (χ2v) is 4.45. The Morgan fingerprint density at radius 3 is 2.83 bits per heavy atom. The van der Waals surface area contributed by atoms with E-state index in [4.69, 9.17) is 0 Å². The molecule has 0 spiro atoms. The summed E-state index contributed by atoms with van der Waals surface area (Å²) in [5, 5.41) is 2.82. The van der Waals surface area contributed by atoms with Gasteiger partial charge in [-0.25, -0.2) is 4.98 Å². The monoisotopic (exact) mass is 250 g/mol. The standard InChI is InChI=1S/C12H18N4O2/c1-4-15(5-2)12(18)9-10-11(17)14-8(3)6-16(10)7-13-9/h7-8H,4-6H2,1-3H3,(H,14,17)/t8-/m1/s1. The Kier molecular flexibility index (Phi) is 3.36. The van der Waals surface area contributed by atoms with Crippen LogP contribution < -0.4 is 5.32 Å². The van der Waals surface area contributed by atoms with Crippen LogP contribution in [-0.4, -0.2) is 45.4 Å². The predicted molar refractivity (Wildman–Crippen MR) is 66.4 cm³/mol. The molecule has 1 aromatic heterocycles. The van der Waals surface area contributed by atoms with Crippen molar-refractivity contribution < 1.29 is 9.59 Å². The maximum Gasteiger partial charge on any atom is 0.274 e. The van der Waals surface area contributed by atoms with E-state index in [2.05, 4.69) is 10.3 Å². The molecule has 1 atom stereocenters. The van der Waals surface area contributed by atoms with E-state index in [-0.39, 0.29) is 23.6 Å². The van der Waals surface area contributed by atoms with Gasteiger partial charge in [-0.2, -0.15) is 0 Å². The maximum absolute atomic E-state index is 12.2. The van der Waals surface area contributed by atoms with E-state index in [1.54, 1.807) is 15.8 Å². The van der Waals surface area contributed by atoms with Crippen LogP contribution in [0.2, 0.25) is 0 Å². The molecule has 2 heterocycles. The molecule has 0 saturated carbocycles. The molecule has 0 bridgehead atoms. The smallest absolute Gasteiger partial charge is 0.274 e. The van der Waals surface area contributed by atoms with Gasteiger partial charge in [-0.1, -0.05) is 0 Å². The van der Waals surface area contributed by atoms with E-state index in [0.29, 0.717) is 25.3 Å². The van der Waals surface area contributed by atoms with E-state index in [1.807, 2.05) is 20.8 Å². The van der Waals surface area contributed by atoms with Gasteiger partial charge < -0.3 is 14.8 Å². The molecule has 2 amide bonds. The van der Waals surface area contributed by atoms with Crippen LogP contribution in [0.15, 0.2) is 6.33 Å². The minimum absolute atomic E-state index is 0.0654. The van der Waals surface area contributed by atoms with E-state index in [9.17, 15) is 9.59 Å². The Balaban J connectivity index is 2.37. The zero-order valence-corrected chi connectivity index (χ0v) is 10.9. The number of carbonyl (C=O) groups excluding carboxylic acids is 2. The summed E-state index contributed by atoms with van der Waals surface area (Å²) >= 11 is 0. The normalized spacial score (nSPS) is 18.2. The zero-order valence-electron chi connectivity index (χ0n) is 10.9. The van der Waals surface area contributed by atoms with Crippen molar-refractivity contribution in [1.82, 2.24) is 19.8 Å². The molecule has 1 aromatic rings. The third-order valence-electron chi connectivity index (χ3n) is 3.15. The Morgan fingerprint density at radius 1 is 1.56 bits per heavy atom. The van der Waals surface area contributed by atoms with Gasteiger partial charge >= 0.3 is 0 Å². The molecule has 1 aliphatic rings. The third kappa shape index (κ3) is 1.98. The van der Waals surface area contributed by atoms with Crippen LogP contribution in [0.3, 0.4) is 0 Å². The molecule has 6 heteroatoms. The highest BCUT2D eigenvalue weighted by molar-refractivity contribution is 6.05. The summed E-state index contributed by atoms with van der Waals surface area (Å²) in [6.45, 7) is 7.61. The molecule has 6 nitrogen and oxygen atoms in total. The molecule has 0 saturated heterocycles. The summed E-state index contributed by atoms with van der Waals surface area (Å²) in [5.74, 6) is -0.403. The second-order valence-electron chi connectivity index (χ2n) is 4.45. The number of carbonyl (C=O) groups is 2. The van der Waals surface area contributed by atoms with Gasteiger partial charge in [0, 0.05) is 25.7 Å². The number of amides is 2. The minimum atomic E-state index is -0.221. The van der Waals surface area contributed by atoms with Gasteiger partial charge in [0.1, 0.15) is 5.69 Å². The van der Waals surface area contributed by atoms with Crippen molar-refractivity contribution in [2.45, 2.75) is 33.4 Å².